The maximum atomic E-state index is 12.6. The van der Waals surface area contributed by atoms with Crippen LogP contribution in [0.2, 0.25) is 0 Å². The van der Waals surface area contributed by atoms with Crippen LogP contribution in [-0.4, -0.2) is 125 Å². The van der Waals surface area contributed by atoms with Crippen LogP contribution < -0.4 is 4.90 Å². The Morgan fingerprint density at radius 1 is 0.785 bits per heavy atom. The minimum absolute atomic E-state index is 0.111. The van der Waals surface area contributed by atoms with Crippen molar-refractivity contribution in [3.8, 4) is 0 Å². The molecule has 0 atom stereocenters. The van der Waals surface area contributed by atoms with E-state index in [1.807, 2.05) is 20.8 Å². The molecule has 3 aromatic carbocycles. The van der Waals surface area contributed by atoms with Crippen LogP contribution in [0.4, 0.5) is 11.4 Å². The molecule has 1 aliphatic carbocycles. The van der Waals surface area contributed by atoms with Crippen molar-refractivity contribution >= 4 is 48.9 Å². The lowest BCUT2D eigenvalue weighted by Crippen LogP contribution is -2.37. The van der Waals surface area contributed by atoms with Gasteiger partial charge in [0, 0.05) is 54.9 Å². The first-order chi connectivity index (χ1) is 30.2. The normalized spacial score (nSPS) is 17.5. The molecule has 14 heteroatoms. The van der Waals surface area contributed by atoms with E-state index in [1.54, 1.807) is 24.3 Å². The van der Waals surface area contributed by atoms with Gasteiger partial charge in [-0.25, -0.2) is 0 Å². The summed E-state index contributed by atoms with van der Waals surface area (Å²) in [6.07, 6.45) is 15.1. The first-order valence-corrected chi connectivity index (χ1v) is 25.5. The highest BCUT2D eigenvalue weighted by atomic mass is 32.2. The summed E-state index contributed by atoms with van der Waals surface area (Å²) in [6.45, 7) is 9.02. The zero-order valence-corrected chi connectivity index (χ0v) is 41.4. The number of hydrogen-bond acceptors (Lipinski definition) is 7. The number of nitrogens with zero attached hydrogens (tertiary/aromatic N) is 4. The van der Waals surface area contributed by atoms with Crippen molar-refractivity contribution in [2.45, 2.75) is 94.0 Å². The summed E-state index contributed by atoms with van der Waals surface area (Å²) in [5, 5.41) is 0. The fraction of sp³-hybridized carbons (Fsp3) is 0.451. The van der Waals surface area contributed by atoms with E-state index in [2.05, 4.69) is 100 Å². The van der Waals surface area contributed by atoms with Gasteiger partial charge in [-0.3, -0.25) is 13.9 Å². The van der Waals surface area contributed by atoms with Gasteiger partial charge in [0.05, 0.1) is 78.0 Å². The Balaban J connectivity index is 1.41. The van der Waals surface area contributed by atoms with Gasteiger partial charge in [0.25, 0.3) is 20.2 Å². The van der Waals surface area contributed by atoms with Gasteiger partial charge in [-0.05, 0) is 116 Å². The summed E-state index contributed by atoms with van der Waals surface area (Å²) in [6, 6.07) is 18.1. The molecular weight excluding hydrogens is 861 g/mol. The van der Waals surface area contributed by atoms with Crippen LogP contribution >= 0.6 is 0 Å². The number of carbonyl (C=O) groups is 1. The zero-order chi connectivity index (χ0) is 47.5. The first kappa shape index (κ1) is 49.7. The number of esters is 1. The van der Waals surface area contributed by atoms with Gasteiger partial charge < -0.3 is 18.6 Å². The van der Waals surface area contributed by atoms with Crippen LogP contribution in [-0.2, 0) is 49.0 Å². The molecule has 0 spiro atoms. The molecule has 0 bridgehead atoms. The van der Waals surface area contributed by atoms with Crippen molar-refractivity contribution in [2.75, 3.05) is 73.4 Å². The fourth-order valence-electron chi connectivity index (χ4n) is 8.88. The number of allylic oxidation sites excluding steroid dienone is 8. The molecule has 350 valence electrons. The molecule has 65 heavy (non-hydrogen) atoms. The number of rotatable bonds is 17. The lowest BCUT2D eigenvalue weighted by atomic mass is 9.82. The molecule has 2 N–H and O–H groups in total. The van der Waals surface area contributed by atoms with Crippen molar-refractivity contribution < 1.29 is 49.0 Å². The first-order valence-electron chi connectivity index (χ1n) is 22.6. The Morgan fingerprint density at radius 3 is 2.05 bits per heavy atom. The Morgan fingerprint density at radius 2 is 1.42 bits per heavy atom. The Labute approximate surface area is 387 Å². The van der Waals surface area contributed by atoms with E-state index in [-0.39, 0.29) is 22.2 Å². The summed E-state index contributed by atoms with van der Waals surface area (Å²) in [4.78, 5) is 14.6. The van der Waals surface area contributed by atoms with Crippen molar-refractivity contribution in [1.29, 1.82) is 0 Å². The van der Waals surface area contributed by atoms with E-state index >= 15 is 0 Å². The lowest BCUT2D eigenvalue weighted by Gasteiger charge is -2.27. The number of fused-ring (bicyclic) bond motifs is 2. The van der Waals surface area contributed by atoms with Gasteiger partial charge in [0.2, 0.25) is 5.69 Å². The number of benzene rings is 3. The summed E-state index contributed by atoms with van der Waals surface area (Å²) < 4.78 is 77.8. The highest BCUT2D eigenvalue weighted by Crippen LogP contribution is 2.40. The average Bonchev–Trinajstić information content (AvgIpc) is 3.72. The molecule has 0 aromatic heterocycles. The van der Waals surface area contributed by atoms with E-state index < -0.39 is 25.8 Å². The molecule has 0 unspecified atom stereocenters. The second-order valence-corrected chi connectivity index (χ2v) is 23.5. The number of anilines is 1. The summed E-state index contributed by atoms with van der Waals surface area (Å²) in [5.74, 6) is -0.232. The molecule has 0 saturated heterocycles. The van der Waals surface area contributed by atoms with Crippen molar-refractivity contribution in [3.63, 3.8) is 0 Å². The predicted octanol–water partition coefficient (Wildman–Crippen LogP) is 8.35. The van der Waals surface area contributed by atoms with Gasteiger partial charge in [-0.2, -0.15) is 21.4 Å². The zero-order valence-electron chi connectivity index (χ0n) is 39.7. The van der Waals surface area contributed by atoms with E-state index in [0.717, 1.165) is 118 Å². The standard InChI is InChI=1S/C51H67N4O8S2/c1-51(2,3)63-49(56)28-17-37-15-18-40(19-16-37)50-38(20-22-43-33-41-35-45(64(57,58)59)24-26-47(41)52(43)29-11-31-54(4,5)6)13-10-14-39(50)21-23-44-34-42-36-46(65(60,61)62)25-27-48(42)53(44)30-12-32-55(7,8)9/h15-16,18-27,35-36H,10-14,17,28-34H2,1-9H3/q+1/p+2. The van der Waals surface area contributed by atoms with Gasteiger partial charge in [0.15, 0.2) is 12.3 Å². The van der Waals surface area contributed by atoms with E-state index in [9.17, 15) is 30.7 Å². The molecule has 0 saturated carbocycles. The van der Waals surface area contributed by atoms with Crippen molar-refractivity contribution in [3.05, 3.63) is 124 Å². The summed E-state index contributed by atoms with van der Waals surface area (Å²) in [7, 11) is 4.28. The van der Waals surface area contributed by atoms with Crippen LogP contribution in [0.3, 0.4) is 0 Å². The van der Waals surface area contributed by atoms with E-state index in [4.69, 9.17) is 4.74 Å². The Kier molecular flexibility index (Phi) is 15.0. The number of aryl methyl sites for hydroxylation is 1. The van der Waals surface area contributed by atoms with Crippen LogP contribution in [0.5, 0.6) is 0 Å². The second-order valence-electron chi connectivity index (χ2n) is 20.6. The SMILES string of the molecule is CC(C)(C)OC(=O)CCc1ccc(C2=C(/C=C/C3=[N+](CCC[N+](C)(C)C)c4ccc(S(=O)(=O)O)cc4C3)CCC/C2=C\C=C2/Cc3cc(S(=O)(=O)O)ccc3N2CCC[N+](C)(C)C)cc1. The second kappa shape index (κ2) is 19.6. The Hall–Kier alpha value is -4.70. The van der Waals surface area contributed by atoms with Crippen LogP contribution in [0.25, 0.3) is 5.57 Å². The topological polar surface area (TPSA) is 141 Å². The van der Waals surface area contributed by atoms with Crippen LogP contribution in [0.1, 0.15) is 81.5 Å². The van der Waals surface area contributed by atoms with E-state index in [1.165, 1.54) is 23.3 Å². The molecule has 0 radical (unpaired) electrons. The van der Waals surface area contributed by atoms with Crippen molar-refractivity contribution in [2.24, 2.45) is 0 Å². The van der Waals surface area contributed by atoms with Crippen LogP contribution in [0.15, 0.2) is 112 Å². The molecule has 0 fully saturated rings. The molecule has 3 aromatic rings. The quantitative estimate of drug-likeness (QED) is 0.0592. The number of hydrogen-bond donors (Lipinski definition) is 2. The predicted molar refractivity (Wildman–Crippen MR) is 259 cm³/mol. The summed E-state index contributed by atoms with van der Waals surface area (Å²) >= 11 is 0. The molecule has 2 heterocycles. The average molecular weight is 930 g/mol. The van der Waals surface area contributed by atoms with Crippen LogP contribution in [0, 0.1) is 0 Å². The monoisotopic (exact) mass is 929 g/mol. The summed E-state index contributed by atoms with van der Waals surface area (Å²) in [5.41, 5.74) is 10.7. The smallest absolute Gasteiger partial charge is 0.306 e. The number of ether oxygens (including phenoxy) is 1. The largest absolute Gasteiger partial charge is 0.460 e. The molecule has 3 aliphatic rings. The molecule has 6 rings (SSSR count). The lowest BCUT2D eigenvalue weighted by molar-refractivity contribution is -0.871. The third-order valence-electron chi connectivity index (χ3n) is 11.9. The van der Waals surface area contributed by atoms with Gasteiger partial charge in [-0.1, -0.05) is 36.4 Å². The van der Waals surface area contributed by atoms with Gasteiger partial charge in [-0.15, -0.1) is 0 Å². The Bertz CT molecular complexity index is 2670. The highest BCUT2D eigenvalue weighted by Gasteiger charge is 2.31. The minimum atomic E-state index is -4.36. The third kappa shape index (κ3) is 13.7. The molecule has 0 amide bonds. The number of carbonyl (C=O) groups excluding carboxylic acids is 1. The number of quaternary nitrogens is 2. The van der Waals surface area contributed by atoms with Gasteiger partial charge >= 0.3 is 5.97 Å². The fourth-order valence-corrected chi connectivity index (χ4v) is 9.94. The maximum absolute atomic E-state index is 12.6. The molecule has 12 nitrogen and oxygen atoms in total. The van der Waals surface area contributed by atoms with Gasteiger partial charge in [0.1, 0.15) is 5.60 Å². The van der Waals surface area contributed by atoms with Crippen molar-refractivity contribution in [1.82, 2.24) is 0 Å². The third-order valence-corrected chi connectivity index (χ3v) is 13.6. The minimum Gasteiger partial charge on any atom is -0.460 e. The highest BCUT2D eigenvalue weighted by molar-refractivity contribution is 7.86. The molecular formula is C51H69N4O8S2+3. The molecule has 2 aliphatic heterocycles. The van der Waals surface area contributed by atoms with E-state index in [0.29, 0.717) is 19.3 Å². The maximum Gasteiger partial charge on any atom is 0.306 e.